The number of rotatable bonds is 2. The SMILES string of the molecule is Sc1cnc(OC2CC2)c(Cl)c1. The lowest BCUT2D eigenvalue weighted by Gasteiger charge is -2.04. The molecular formula is C8H8ClNOS. The van der Waals surface area contributed by atoms with Crippen LogP contribution < -0.4 is 4.74 Å². The number of ether oxygens (including phenoxy) is 1. The van der Waals surface area contributed by atoms with E-state index < -0.39 is 0 Å². The van der Waals surface area contributed by atoms with Gasteiger partial charge in [-0.05, 0) is 18.9 Å². The lowest BCUT2D eigenvalue weighted by molar-refractivity contribution is 0.291. The molecule has 2 nitrogen and oxygen atoms in total. The lowest BCUT2D eigenvalue weighted by Crippen LogP contribution is -1.98. The predicted molar refractivity (Wildman–Crippen MR) is 50.1 cm³/mol. The summed E-state index contributed by atoms with van der Waals surface area (Å²) in [5.41, 5.74) is 0. The van der Waals surface area contributed by atoms with Crippen LogP contribution in [0.3, 0.4) is 0 Å². The minimum absolute atomic E-state index is 0.334. The Kier molecular flexibility index (Phi) is 2.15. The van der Waals surface area contributed by atoms with Gasteiger partial charge in [0.15, 0.2) is 0 Å². The average molecular weight is 202 g/mol. The van der Waals surface area contributed by atoms with E-state index >= 15 is 0 Å². The Bertz CT molecular complexity index is 301. The van der Waals surface area contributed by atoms with E-state index in [1.165, 1.54) is 0 Å². The number of aromatic nitrogens is 1. The summed E-state index contributed by atoms with van der Waals surface area (Å²) in [5, 5.41) is 0.536. The van der Waals surface area contributed by atoms with Crippen LogP contribution in [0.5, 0.6) is 5.88 Å². The maximum atomic E-state index is 5.86. The molecule has 0 radical (unpaired) electrons. The second-order valence-electron chi connectivity index (χ2n) is 2.80. The minimum atomic E-state index is 0.334. The van der Waals surface area contributed by atoms with Gasteiger partial charge in [0, 0.05) is 11.1 Å². The van der Waals surface area contributed by atoms with Crippen molar-refractivity contribution in [3.63, 3.8) is 0 Å². The van der Waals surface area contributed by atoms with Gasteiger partial charge in [-0.25, -0.2) is 4.98 Å². The molecule has 0 aliphatic heterocycles. The molecule has 0 N–H and O–H groups in total. The van der Waals surface area contributed by atoms with Crippen molar-refractivity contribution < 1.29 is 4.74 Å². The quantitative estimate of drug-likeness (QED) is 0.743. The standard InChI is InChI=1S/C8H8ClNOS/c9-7-3-6(12)4-10-8(7)11-5-1-2-5/h3-5,12H,1-2H2. The summed E-state index contributed by atoms with van der Waals surface area (Å²) in [7, 11) is 0. The molecule has 0 aromatic carbocycles. The van der Waals surface area contributed by atoms with E-state index in [2.05, 4.69) is 17.6 Å². The minimum Gasteiger partial charge on any atom is -0.473 e. The first kappa shape index (κ1) is 8.20. The van der Waals surface area contributed by atoms with Crippen LogP contribution in [-0.4, -0.2) is 11.1 Å². The van der Waals surface area contributed by atoms with Gasteiger partial charge < -0.3 is 4.74 Å². The third-order valence-corrected chi connectivity index (χ3v) is 2.11. The van der Waals surface area contributed by atoms with Crippen molar-refractivity contribution in [1.29, 1.82) is 0 Å². The summed E-state index contributed by atoms with van der Waals surface area (Å²) in [6.45, 7) is 0. The van der Waals surface area contributed by atoms with E-state index in [1.807, 2.05) is 0 Å². The van der Waals surface area contributed by atoms with Crippen LogP contribution in [0.1, 0.15) is 12.8 Å². The molecule has 1 heterocycles. The molecule has 4 heteroatoms. The van der Waals surface area contributed by atoms with Gasteiger partial charge in [-0.2, -0.15) is 0 Å². The summed E-state index contributed by atoms with van der Waals surface area (Å²) in [6.07, 6.45) is 4.19. The van der Waals surface area contributed by atoms with E-state index in [4.69, 9.17) is 16.3 Å². The first-order chi connectivity index (χ1) is 5.75. The van der Waals surface area contributed by atoms with Crippen molar-refractivity contribution in [2.24, 2.45) is 0 Å². The number of thiol groups is 1. The summed E-state index contributed by atoms with van der Waals surface area (Å²) >= 11 is 9.97. The Morgan fingerprint density at radius 2 is 2.33 bits per heavy atom. The highest BCUT2D eigenvalue weighted by Crippen LogP contribution is 2.30. The topological polar surface area (TPSA) is 22.1 Å². The van der Waals surface area contributed by atoms with Crippen LogP contribution in [0.25, 0.3) is 0 Å². The van der Waals surface area contributed by atoms with Gasteiger partial charge in [-0.3, -0.25) is 0 Å². The molecular weight excluding hydrogens is 194 g/mol. The zero-order chi connectivity index (χ0) is 8.55. The third-order valence-electron chi connectivity index (χ3n) is 1.60. The highest BCUT2D eigenvalue weighted by Gasteiger charge is 2.24. The van der Waals surface area contributed by atoms with Crippen LogP contribution in [0.4, 0.5) is 0 Å². The first-order valence-electron chi connectivity index (χ1n) is 3.77. The van der Waals surface area contributed by atoms with Gasteiger partial charge in [-0.15, -0.1) is 12.6 Å². The number of nitrogens with zero attached hydrogens (tertiary/aromatic N) is 1. The summed E-state index contributed by atoms with van der Waals surface area (Å²) in [4.78, 5) is 4.78. The van der Waals surface area contributed by atoms with Crippen LogP contribution in [0, 0.1) is 0 Å². The van der Waals surface area contributed by atoms with Crippen LogP contribution in [0.15, 0.2) is 17.2 Å². The molecule has 0 amide bonds. The molecule has 2 rings (SSSR count). The molecule has 1 aliphatic carbocycles. The van der Waals surface area contributed by atoms with Gasteiger partial charge in [0.25, 0.3) is 0 Å². The Labute approximate surface area is 81.3 Å². The Hall–Kier alpha value is -0.410. The second-order valence-corrected chi connectivity index (χ2v) is 3.72. The average Bonchev–Trinajstić information content (AvgIpc) is 2.79. The monoisotopic (exact) mass is 201 g/mol. The second kappa shape index (κ2) is 3.15. The van der Waals surface area contributed by atoms with Crippen LogP contribution in [0.2, 0.25) is 5.02 Å². The maximum absolute atomic E-state index is 5.86. The molecule has 12 heavy (non-hydrogen) atoms. The fourth-order valence-corrected chi connectivity index (χ4v) is 1.32. The van der Waals surface area contributed by atoms with Crippen LogP contribution in [-0.2, 0) is 0 Å². The Balaban J connectivity index is 2.18. The number of hydrogen-bond acceptors (Lipinski definition) is 3. The largest absolute Gasteiger partial charge is 0.473 e. The van der Waals surface area contributed by atoms with E-state index in [9.17, 15) is 0 Å². The zero-order valence-corrected chi connectivity index (χ0v) is 7.98. The zero-order valence-electron chi connectivity index (χ0n) is 6.33. The number of hydrogen-bond donors (Lipinski definition) is 1. The van der Waals surface area contributed by atoms with Crippen molar-refractivity contribution in [2.75, 3.05) is 0 Å². The summed E-state index contributed by atoms with van der Waals surface area (Å²) in [6, 6.07) is 1.73. The fraction of sp³-hybridized carbons (Fsp3) is 0.375. The highest BCUT2D eigenvalue weighted by atomic mass is 35.5. The molecule has 0 saturated heterocycles. The summed E-state index contributed by atoms with van der Waals surface area (Å²) < 4.78 is 5.43. The van der Waals surface area contributed by atoms with E-state index in [-0.39, 0.29) is 0 Å². The smallest absolute Gasteiger partial charge is 0.232 e. The first-order valence-corrected chi connectivity index (χ1v) is 4.59. The molecule has 1 fully saturated rings. The predicted octanol–water partition coefficient (Wildman–Crippen LogP) is 2.56. The lowest BCUT2D eigenvalue weighted by atomic mass is 10.5. The highest BCUT2D eigenvalue weighted by molar-refractivity contribution is 7.80. The normalized spacial score (nSPS) is 16.2. The van der Waals surface area contributed by atoms with Crippen molar-refractivity contribution in [2.45, 2.75) is 23.8 Å². The van der Waals surface area contributed by atoms with Gasteiger partial charge in [0.05, 0.1) is 0 Å². The number of halogens is 1. The molecule has 0 bridgehead atoms. The van der Waals surface area contributed by atoms with Gasteiger partial charge in [0.1, 0.15) is 11.1 Å². The van der Waals surface area contributed by atoms with Gasteiger partial charge >= 0.3 is 0 Å². The number of pyridine rings is 1. The van der Waals surface area contributed by atoms with E-state index in [1.54, 1.807) is 12.3 Å². The fourth-order valence-electron chi connectivity index (χ4n) is 0.846. The molecule has 0 unspecified atom stereocenters. The molecule has 64 valence electrons. The Morgan fingerprint density at radius 1 is 1.58 bits per heavy atom. The molecule has 1 aliphatic rings. The Morgan fingerprint density at radius 3 is 2.92 bits per heavy atom. The molecule has 1 aromatic rings. The molecule has 0 spiro atoms. The van der Waals surface area contributed by atoms with E-state index in [0.29, 0.717) is 17.0 Å². The van der Waals surface area contributed by atoms with Crippen molar-refractivity contribution in [1.82, 2.24) is 4.98 Å². The molecule has 1 aromatic heterocycles. The third kappa shape index (κ3) is 1.84. The van der Waals surface area contributed by atoms with Crippen molar-refractivity contribution in [3.05, 3.63) is 17.3 Å². The van der Waals surface area contributed by atoms with Crippen molar-refractivity contribution in [3.8, 4) is 5.88 Å². The molecule has 1 saturated carbocycles. The maximum Gasteiger partial charge on any atom is 0.232 e. The van der Waals surface area contributed by atoms with Crippen molar-refractivity contribution >= 4 is 24.2 Å². The molecule has 0 atom stereocenters. The van der Waals surface area contributed by atoms with Gasteiger partial charge in [-0.1, -0.05) is 11.6 Å². The summed E-state index contributed by atoms with van der Waals surface area (Å²) in [5.74, 6) is 0.525. The van der Waals surface area contributed by atoms with Crippen LogP contribution >= 0.6 is 24.2 Å². The van der Waals surface area contributed by atoms with Gasteiger partial charge in [0.2, 0.25) is 5.88 Å². The van der Waals surface area contributed by atoms with E-state index in [0.717, 1.165) is 17.7 Å².